The fourth-order valence-corrected chi connectivity index (χ4v) is 0. The van der Waals surface area contributed by atoms with E-state index in [9.17, 15) is 0 Å². The van der Waals surface area contributed by atoms with E-state index in [4.69, 9.17) is 17.1 Å². The van der Waals surface area contributed by atoms with Gasteiger partial charge >= 0.3 is 0 Å². The summed E-state index contributed by atoms with van der Waals surface area (Å²) in [7, 11) is 10.8. The maximum Gasteiger partial charge on any atom is 0.0702 e. The van der Waals surface area contributed by atoms with Gasteiger partial charge in [0.15, 0.2) is 0 Å². The van der Waals surface area contributed by atoms with Gasteiger partial charge in [0.25, 0.3) is 0 Å². The molecule has 0 aliphatic carbocycles. The second-order valence-corrected chi connectivity index (χ2v) is 5.69. The van der Waals surface area contributed by atoms with Gasteiger partial charge in [-0.2, -0.15) is 0 Å². The first-order chi connectivity index (χ1) is 5.89. The summed E-state index contributed by atoms with van der Waals surface area (Å²) in [5.74, 6) is 0.299. The highest BCUT2D eigenvalue weighted by atomic mass is 14.1. The topological polar surface area (TPSA) is 0 Å². The van der Waals surface area contributed by atoms with Gasteiger partial charge in [0.1, 0.15) is 0 Å². The van der Waals surface area contributed by atoms with E-state index < -0.39 is 6.30 Å². The molecule has 0 nitrogen and oxygen atoms in total. The van der Waals surface area contributed by atoms with E-state index in [-0.39, 0.29) is 10.8 Å². The van der Waals surface area contributed by atoms with Crippen molar-refractivity contribution in [3.63, 3.8) is 0 Å². The zero-order chi connectivity index (χ0) is 12.2. The van der Waals surface area contributed by atoms with E-state index in [2.05, 4.69) is 20.8 Å². The van der Waals surface area contributed by atoms with Crippen LogP contribution in [0, 0.1) is 10.8 Å². The smallest absolute Gasteiger partial charge is 0.0702 e. The van der Waals surface area contributed by atoms with Crippen molar-refractivity contribution >= 4 is 15.7 Å². The van der Waals surface area contributed by atoms with Crippen molar-refractivity contribution in [1.29, 1.82) is 0 Å². The van der Waals surface area contributed by atoms with Crippen molar-refractivity contribution in [2.45, 2.75) is 60.6 Å². The quantitative estimate of drug-likeness (QED) is 0.498. The summed E-state index contributed by atoms with van der Waals surface area (Å²) in [6.45, 7) is 14.3. The van der Waals surface area contributed by atoms with Gasteiger partial charge in [-0.3, -0.25) is 0 Å². The Hall–Kier alpha value is 0.130. The van der Waals surface area contributed by atoms with Crippen LogP contribution < -0.4 is 0 Å². The summed E-state index contributed by atoms with van der Waals surface area (Å²) < 4.78 is 7.01. The molecule has 0 amide bonds. The van der Waals surface area contributed by atoms with Gasteiger partial charge in [-0.25, -0.2) is 0 Å². The van der Waals surface area contributed by atoms with Crippen molar-refractivity contribution in [1.82, 2.24) is 0 Å². The third kappa shape index (κ3) is 14.9. The molecule has 2 unspecified atom stereocenters. The van der Waals surface area contributed by atoms with Crippen LogP contribution in [0.2, 0.25) is 12.1 Å². The Bertz CT molecular complexity index is 122. The molecule has 0 aromatic carbocycles. The lowest BCUT2D eigenvalue weighted by molar-refractivity contribution is 0.398. The predicted molar refractivity (Wildman–Crippen MR) is 64.6 cm³/mol. The summed E-state index contributed by atoms with van der Waals surface area (Å²) >= 11 is 0. The molecule has 2 heteroatoms. The summed E-state index contributed by atoms with van der Waals surface area (Å²) in [6.07, 6.45) is -0.451. The molecule has 0 aliphatic heterocycles. The van der Waals surface area contributed by atoms with Crippen molar-refractivity contribution < 1.29 is 1.37 Å². The summed E-state index contributed by atoms with van der Waals surface area (Å²) in [5, 5.41) is 0. The van der Waals surface area contributed by atoms with Crippen LogP contribution in [0.1, 0.15) is 49.8 Å². The lowest BCUT2D eigenvalue weighted by Gasteiger charge is -2.23. The predicted octanol–water partition coefficient (Wildman–Crippen LogP) is 3.63. The van der Waals surface area contributed by atoms with Crippen LogP contribution in [-0.4, -0.2) is 15.7 Å². The van der Waals surface area contributed by atoms with E-state index in [1.54, 1.807) is 0 Å². The highest BCUT2D eigenvalue weighted by Crippen LogP contribution is 2.26. The average Bonchev–Trinajstić information content (AvgIpc) is 1.83. The van der Waals surface area contributed by atoms with Crippen LogP contribution in [-0.2, 0) is 0 Å². The maximum atomic E-state index is 7.01. The Kier molecular flexibility index (Phi) is 5.83. The normalized spacial score (nSPS) is 17.9. The molecule has 4 radical (unpaired) electrons. The van der Waals surface area contributed by atoms with Crippen molar-refractivity contribution in [2.75, 3.05) is 0 Å². The highest BCUT2D eigenvalue weighted by molar-refractivity contribution is 6.11. The molecule has 0 spiro atoms. The largest absolute Gasteiger partial charge is 0.0839 e. The van der Waals surface area contributed by atoms with Gasteiger partial charge in [-0.15, -0.1) is 0 Å². The molecule has 0 saturated heterocycles. The number of hydrogen-bond acceptors (Lipinski definition) is 0. The second-order valence-electron chi connectivity index (χ2n) is 5.69. The van der Waals surface area contributed by atoms with Crippen molar-refractivity contribution in [3.8, 4) is 0 Å². The van der Waals surface area contributed by atoms with E-state index in [1.165, 1.54) is 0 Å². The standard InChI is InChI=1S/C6H13B.C5H11B/c1-5(7)6(2,3)4;1-5(2,3)4-6/h5H,1-4H3;4H2,1-3H3/i;4D. The maximum absolute atomic E-state index is 7.01. The molecule has 13 heavy (non-hydrogen) atoms. The van der Waals surface area contributed by atoms with Crippen LogP contribution in [0.5, 0.6) is 0 Å². The Morgan fingerprint density at radius 2 is 1.31 bits per heavy atom. The minimum absolute atomic E-state index is 0.0556. The third-order valence-corrected chi connectivity index (χ3v) is 1.87. The van der Waals surface area contributed by atoms with E-state index in [0.717, 1.165) is 0 Å². The monoisotopic (exact) mass is 179 g/mol. The van der Waals surface area contributed by atoms with Crippen LogP contribution in [0.4, 0.5) is 0 Å². The van der Waals surface area contributed by atoms with Crippen LogP contribution >= 0.6 is 0 Å². The zero-order valence-electron chi connectivity index (χ0n) is 11.3. The minimum atomic E-state index is -0.451. The molecule has 0 aromatic rings. The molecule has 0 aliphatic rings. The first kappa shape index (κ1) is 13.1. The molecule has 0 aromatic heterocycles. The van der Waals surface area contributed by atoms with Gasteiger partial charge in [-0.1, -0.05) is 60.6 Å². The molecular formula is C11H24B2. The summed E-state index contributed by atoms with van der Waals surface area (Å²) in [5.41, 5.74) is 0.222. The minimum Gasteiger partial charge on any atom is -0.0839 e. The SMILES string of the molecule is [2H]C([B])C(C)(C)C.[B]C(C)C(C)(C)C. The highest BCUT2D eigenvalue weighted by Gasteiger charge is 2.13. The van der Waals surface area contributed by atoms with E-state index in [0.29, 0.717) is 5.82 Å². The average molecular weight is 179 g/mol. The molecule has 0 N–H and O–H groups in total. The molecule has 0 heterocycles. The Labute approximate surface area is 89.1 Å². The number of rotatable bonds is 0. The van der Waals surface area contributed by atoms with Gasteiger partial charge < -0.3 is 0 Å². The zero-order valence-corrected chi connectivity index (χ0v) is 10.3. The van der Waals surface area contributed by atoms with Gasteiger partial charge in [0, 0.05) is 1.37 Å². The number of hydrogen-bond donors (Lipinski definition) is 0. The molecule has 0 rings (SSSR count). The lowest BCUT2D eigenvalue weighted by Crippen LogP contribution is -2.10. The van der Waals surface area contributed by atoms with Gasteiger partial charge in [-0.05, 0) is 10.8 Å². The van der Waals surface area contributed by atoms with Crippen LogP contribution in [0.25, 0.3) is 0 Å². The first-order valence-electron chi connectivity index (χ1n) is 5.40. The molecule has 0 fully saturated rings. The van der Waals surface area contributed by atoms with Gasteiger partial charge in [0.2, 0.25) is 0 Å². The second kappa shape index (κ2) is 5.78. The fraction of sp³-hybridized carbons (Fsp3) is 1.00. The van der Waals surface area contributed by atoms with E-state index in [1.807, 2.05) is 27.7 Å². The van der Waals surface area contributed by atoms with Gasteiger partial charge in [0.05, 0.1) is 15.7 Å². The van der Waals surface area contributed by atoms with Crippen LogP contribution in [0.15, 0.2) is 0 Å². The third-order valence-electron chi connectivity index (χ3n) is 1.87. The summed E-state index contributed by atoms with van der Waals surface area (Å²) in [4.78, 5) is 0. The molecule has 74 valence electrons. The van der Waals surface area contributed by atoms with Crippen LogP contribution in [0.3, 0.4) is 0 Å². The molecular weight excluding hydrogens is 154 g/mol. The lowest BCUT2D eigenvalue weighted by atomic mass is 9.70. The Morgan fingerprint density at radius 1 is 1.15 bits per heavy atom. The summed E-state index contributed by atoms with van der Waals surface area (Å²) in [6, 6.07) is 0. The van der Waals surface area contributed by atoms with E-state index >= 15 is 0 Å². The molecule has 0 bridgehead atoms. The fourth-order valence-electron chi connectivity index (χ4n) is 0. The Morgan fingerprint density at radius 3 is 1.31 bits per heavy atom. The van der Waals surface area contributed by atoms with Crippen molar-refractivity contribution in [2.24, 2.45) is 10.8 Å². The van der Waals surface area contributed by atoms with Crippen molar-refractivity contribution in [3.05, 3.63) is 0 Å². The Balaban J connectivity index is 0. The molecule has 0 saturated carbocycles. The first-order valence-corrected chi connectivity index (χ1v) is 4.82. The molecule has 2 atom stereocenters.